The van der Waals surface area contributed by atoms with Gasteiger partial charge in [0.05, 0.1) is 6.20 Å². The van der Waals surface area contributed by atoms with Crippen LogP contribution in [0.5, 0.6) is 0 Å². The van der Waals surface area contributed by atoms with Gasteiger partial charge in [-0.3, -0.25) is 5.10 Å². The van der Waals surface area contributed by atoms with Crippen LogP contribution in [0.25, 0.3) is 0 Å². The maximum Gasteiger partial charge on any atom is 0.260 e. The van der Waals surface area contributed by atoms with Gasteiger partial charge in [0.25, 0.3) is 10.0 Å². The van der Waals surface area contributed by atoms with Crippen LogP contribution in [0.15, 0.2) is 11.2 Å². The van der Waals surface area contributed by atoms with Crippen molar-refractivity contribution in [3.8, 4) is 0 Å². The minimum absolute atomic E-state index is 0.232. The van der Waals surface area contributed by atoms with Crippen LogP contribution >= 0.6 is 0 Å². The van der Waals surface area contributed by atoms with Gasteiger partial charge in [-0.25, -0.2) is 8.42 Å². The van der Waals surface area contributed by atoms with Crippen LogP contribution in [0.2, 0.25) is 0 Å². The fraction of sp³-hybridized carbons (Fsp3) is 0.786. The maximum atomic E-state index is 12.8. The molecule has 0 radical (unpaired) electrons. The van der Waals surface area contributed by atoms with Crippen molar-refractivity contribution in [1.82, 2.24) is 19.8 Å². The molecule has 2 N–H and O–H groups in total. The first kappa shape index (κ1) is 18.1. The van der Waals surface area contributed by atoms with Crippen LogP contribution in [0.3, 0.4) is 0 Å². The Morgan fingerprint density at radius 1 is 1.19 bits per heavy atom. The van der Waals surface area contributed by atoms with Gasteiger partial charge in [-0.05, 0) is 19.4 Å². The lowest BCUT2D eigenvalue weighted by atomic mass is 10.3. The first-order valence-electron chi connectivity index (χ1n) is 7.80. The molecule has 0 saturated heterocycles. The Morgan fingerprint density at radius 2 is 1.81 bits per heavy atom. The van der Waals surface area contributed by atoms with Crippen LogP contribution in [-0.4, -0.2) is 42.6 Å². The topological polar surface area (TPSA) is 78.1 Å². The molecule has 0 fully saturated rings. The number of nitrogens with one attached hydrogen (secondary N) is 2. The van der Waals surface area contributed by atoms with Crippen molar-refractivity contribution in [2.24, 2.45) is 0 Å². The minimum Gasteiger partial charge on any atom is -0.313 e. The summed E-state index contributed by atoms with van der Waals surface area (Å²) in [6, 6.07) is 0. The summed E-state index contributed by atoms with van der Waals surface area (Å²) in [5.41, 5.74) is 0.704. The van der Waals surface area contributed by atoms with Crippen LogP contribution < -0.4 is 5.32 Å². The lowest BCUT2D eigenvalue weighted by Crippen LogP contribution is -2.34. The molecule has 0 aliphatic rings. The molecule has 0 aliphatic carbocycles. The van der Waals surface area contributed by atoms with Gasteiger partial charge < -0.3 is 5.32 Å². The second kappa shape index (κ2) is 9.17. The van der Waals surface area contributed by atoms with Crippen LogP contribution in [0, 0.1) is 0 Å². The number of hydrogen-bond donors (Lipinski definition) is 2. The number of rotatable bonds is 11. The van der Waals surface area contributed by atoms with Gasteiger partial charge in [-0.1, -0.05) is 33.6 Å². The van der Waals surface area contributed by atoms with Gasteiger partial charge in [0.15, 0.2) is 5.03 Å². The number of aromatic amines is 1. The SMILES string of the molecule is CCCCN(CCCC)S(=O)(=O)c1[nH]ncc1CNCC. The summed E-state index contributed by atoms with van der Waals surface area (Å²) in [6.45, 7) is 8.56. The lowest BCUT2D eigenvalue weighted by molar-refractivity contribution is 0.393. The summed E-state index contributed by atoms with van der Waals surface area (Å²) in [7, 11) is -3.49. The molecule has 7 heteroatoms. The highest BCUT2D eigenvalue weighted by molar-refractivity contribution is 7.89. The van der Waals surface area contributed by atoms with Gasteiger partial charge in [0.2, 0.25) is 0 Å². The Labute approximate surface area is 128 Å². The van der Waals surface area contributed by atoms with Crippen molar-refractivity contribution in [3.05, 3.63) is 11.8 Å². The van der Waals surface area contributed by atoms with Crippen LogP contribution in [-0.2, 0) is 16.6 Å². The van der Waals surface area contributed by atoms with E-state index in [1.807, 2.05) is 6.92 Å². The zero-order valence-corrected chi connectivity index (χ0v) is 14.2. The molecule has 0 bridgehead atoms. The van der Waals surface area contributed by atoms with E-state index in [4.69, 9.17) is 0 Å². The van der Waals surface area contributed by atoms with Crippen molar-refractivity contribution >= 4 is 10.0 Å². The molecule has 0 unspecified atom stereocenters. The predicted octanol–water partition coefficient (Wildman–Crippen LogP) is 2.11. The molecule has 0 spiro atoms. The Morgan fingerprint density at radius 3 is 2.33 bits per heavy atom. The Bertz CT molecular complexity index is 491. The monoisotopic (exact) mass is 316 g/mol. The molecule has 0 aromatic carbocycles. The number of hydrogen-bond acceptors (Lipinski definition) is 4. The second-order valence-corrected chi connectivity index (χ2v) is 6.99. The average molecular weight is 316 g/mol. The molecule has 1 aromatic rings. The Kier molecular flexibility index (Phi) is 7.92. The zero-order chi connectivity index (χ0) is 15.7. The largest absolute Gasteiger partial charge is 0.313 e. The third-order valence-electron chi connectivity index (χ3n) is 3.36. The molecule has 21 heavy (non-hydrogen) atoms. The van der Waals surface area contributed by atoms with Crippen molar-refractivity contribution in [3.63, 3.8) is 0 Å². The fourth-order valence-electron chi connectivity index (χ4n) is 2.06. The van der Waals surface area contributed by atoms with Gasteiger partial charge in [0, 0.05) is 25.2 Å². The molecule has 0 amide bonds. The summed E-state index contributed by atoms with van der Waals surface area (Å²) >= 11 is 0. The normalized spacial score (nSPS) is 12.2. The smallest absolute Gasteiger partial charge is 0.260 e. The van der Waals surface area contributed by atoms with Crippen molar-refractivity contribution in [2.45, 2.75) is 58.0 Å². The maximum absolute atomic E-state index is 12.8. The molecule has 1 heterocycles. The number of nitrogens with zero attached hydrogens (tertiary/aromatic N) is 2. The van der Waals surface area contributed by atoms with E-state index in [0.717, 1.165) is 32.2 Å². The van der Waals surface area contributed by atoms with Crippen molar-refractivity contribution in [1.29, 1.82) is 0 Å². The number of aromatic nitrogens is 2. The minimum atomic E-state index is -3.49. The molecular weight excluding hydrogens is 288 g/mol. The van der Waals surface area contributed by atoms with E-state index in [0.29, 0.717) is 25.2 Å². The zero-order valence-electron chi connectivity index (χ0n) is 13.4. The molecular formula is C14H28N4O2S. The van der Waals surface area contributed by atoms with Crippen molar-refractivity contribution in [2.75, 3.05) is 19.6 Å². The summed E-state index contributed by atoms with van der Waals surface area (Å²) in [5, 5.41) is 9.96. The molecule has 6 nitrogen and oxygen atoms in total. The first-order valence-corrected chi connectivity index (χ1v) is 9.25. The number of sulfonamides is 1. The number of H-pyrrole nitrogens is 1. The highest BCUT2D eigenvalue weighted by atomic mass is 32.2. The average Bonchev–Trinajstić information content (AvgIpc) is 2.94. The second-order valence-electron chi connectivity index (χ2n) is 5.12. The van der Waals surface area contributed by atoms with Gasteiger partial charge >= 0.3 is 0 Å². The Hall–Kier alpha value is -0.920. The van der Waals surface area contributed by atoms with E-state index in [-0.39, 0.29) is 5.03 Å². The van der Waals surface area contributed by atoms with Gasteiger partial charge in [-0.15, -0.1) is 0 Å². The van der Waals surface area contributed by atoms with Crippen molar-refractivity contribution < 1.29 is 8.42 Å². The Balaban J connectivity index is 2.95. The van der Waals surface area contributed by atoms with E-state index < -0.39 is 10.0 Å². The third-order valence-corrected chi connectivity index (χ3v) is 5.28. The van der Waals surface area contributed by atoms with Gasteiger partial charge in [0.1, 0.15) is 0 Å². The van der Waals surface area contributed by atoms with Gasteiger partial charge in [-0.2, -0.15) is 9.40 Å². The van der Waals surface area contributed by atoms with Crippen LogP contribution in [0.4, 0.5) is 0 Å². The highest BCUT2D eigenvalue weighted by Crippen LogP contribution is 2.19. The van der Waals surface area contributed by atoms with E-state index in [2.05, 4.69) is 29.4 Å². The summed E-state index contributed by atoms with van der Waals surface area (Å²) in [4.78, 5) is 0. The van der Waals surface area contributed by atoms with E-state index >= 15 is 0 Å². The predicted molar refractivity (Wildman–Crippen MR) is 84.5 cm³/mol. The third kappa shape index (κ3) is 5.09. The van der Waals surface area contributed by atoms with E-state index in [1.165, 1.54) is 0 Å². The first-order chi connectivity index (χ1) is 10.1. The molecule has 122 valence electrons. The lowest BCUT2D eigenvalue weighted by Gasteiger charge is -2.21. The molecule has 1 aromatic heterocycles. The quantitative estimate of drug-likeness (QED) is 0.655. The summed E-state index contributed by atoms with van der Waals surface area (Å²) < 4.78 is 27.2. The highest BCUT2D eigenvalue weighted by Gasteiger charge is 2.27. The summed E-state index contributed by atoms with van der Waals surface area (Å²) in [5.74, 6) is 0. The molecule has 1 rings (SSSR count). The number of unbranched alkanes of at least 4 members (excludes halogenated alkanes) is 2. The molecule has 0 saturated carbocycles. The molecule has 0 atom stereocenters. The van der Waals surface area contributed by atoms with E-state index in [9.17, 15) is 8.42 Å². The molecule has 0 aliphatic heterocycles. The standard InChI is InChI=1S/C14H28N4O2S/c1-4-7-9-18(10-8-5-2)21(19,20)14-13(11-15-6-3)12-16-17-14/h12,15H,4-11H2,1-3H3,(H,16,17). The fourth-order valence-corrected chi connectivity index (χ4v) is 3.68. The van der Waals surface area contributed by atoms with Crippen LogP contribution in [0.1, 0.15) is 52.0 Å². The summed E-state index contributed by atoms with van der Waals surface area (Å²) in [6.07, 6.45) is 5.29. The van der Waals surface area contributed by atoms with E-state index in [1.54, 1.807) is 10.5 Å².